The summed E-state index contributed by atoms with van der Waals surface area (Å²) in [5, 5.41) is 4.65. The standard InChI is InChI=1S/C20H27N5OS.ClH/c1-12-13(2)27-19-17(12)18(22-11-23-19)24-5-3-14(4-6-24)20(26)25-9-15-7-21-8-16(15)10-25;/h11,14-16,21H,3-10H2,1-2H3;1H/t15-,16+;. The molecule has 3 saturated heterocycles. The zero-order valence-electron chi connectivity index (χ0n) is 16.5. The van der Waals surface area contributed by atoms with Gasteiger partial charge in [-0.1, -0.05) is 0 Å². The molecule has 3 fully saturated rings. The lowest BCUT2D eigenvalue weighted by molar-refractivity contribution is -0.135. The quantitative estimate of drug-likeness (QED) is 0.807. The van der Waals surface area contributed by atoms with Gasteiger partial charge in [0.1, 0.15) is 17.0 Å². The van der Waals surface area contributed by atoms with E-state index in [0.29, 0.717) is 17.7 Å². The van der Waals surface area contributed by atoms with Crippen LogP contribution >= 0.6 is 23.7 Å². The molecule has 2 atom stereocenters. The normalized spacial score (nSPS) is 25.2. The van der Waals surface area contributed by atoms with E-state index in [9.17, 15) is 4.79 Å². The zero-order valence-corrected chi connectivity index (χ0v) is 18.1. The van der Waals surface area contributed by atoms with Gasteiger partial charge in [-0.15, -0.1) is 23.7 Å². The fraction of sp³-hybridized carbons (Fsp3) is 0.650. The Morgan fingerprint density at radius 1 is 1.14 bits per heavy atom. The molecule has 0 aromatic carbocycles. The molecule has 6 nitrogen and oxygen atoms in total. The second kappa shape index (κ2) is 7.76. The van der Waals surface area contributed by atoms with Crippen molar-refractivity contribution < 1.29 is 4.79 Å². The van der Waals surface area contributed by atoms with Gasteiger partial charge < -0.3 is 15.1 Å². The van der Waals surface area contributed by atoms with Crippen molar-refractivity contribution in [1.82, 2.24) is 20.2 Å². The summed E-state index contributed by atoms with van der Waals surface area (Å²) in [4.78, 5) is 29.0. The van der Waals surface area contributed by atoms with Crippen molar-refractivity contribution in [3.05, 3.63) is 16.8 Å². The Hall–Kier alpha value is -1.44. The summed E-state index contributed by atoms with van der Waals surface area (Å²) in [5.74, 6) is 2.96. The number of likely N-dealkylation sites (tertiary alicyclic amines) is 1. The molecule has 3 aliphatic heterocycles. The summed E-state index contributed by atoms with van der Waals surface area (Å²) in [5.41, 5.74) is 1.29. The van der Waals surface area contributed by atoms with Crippen molar-refractivity contribution in [2.45, 2.75) is 26.7 Å². The van der Waals surface area contributed by atoms with Crippen LogP contribution < -0.4 is 10.2 Å². The number of carbonyl (C=O) groups is 1. The number of piperidine rings is 1. The molecule has 0 aliphatic carbocycles. The largest absolute Gasteiger partial charge is 0.356 e. The highest BCUT2D eigenvalue weighted by Gasteiger charge is 2.40. The van der Waals surface area contributed by atoms with E-state index in [1.165, 1.54) is 15.8 Å². The van der Waals surface area contributed by atoms with Crippen molar-refractivity contribution in [1.29, 1.82) is 0 Å². The van der Waals surface area contributed by atoms with E-state index < -0.39 is 0 Å². The summed E-state index contributed by atoms with van der Waals surface area (Å²) >= 11 is 1.74. The van der Waals surface area contributed by atoms with Crippen LogP contribution in [0.4, 0.5) is 5.82 Å². The molecular formula is C20H28ClN5OS. The number of hydrogen-bond acceptors (Lipinski definition) is 6. The number of halogens is 1. The molecule has 0 bridgehead atoms. The molecule has 0 saturated carbocycles. The van der Waals surface area contributed by atoms with Gasteiger partial charge in [0.25, 0.3) is 0 Å². The minimum Gasteiger partial charge on any atom is -0.356 e. The molecule has 1 amide bonds. The number of thiophene rings is 1. The molecule has 152 valence electrons. The van der Waals surface area contributed by atoms with Crippen LogP contribution in [0.1, 0.15) is 23.3 Å². The van der Waals surface area contributed by atoms with E-state index in [4.69, 9.17) is 0 Å². The molecule has 5 rings (SSSR count). The topological polar surface area (TPSA) is 61.4 Å². The Balaban J connectivity index is 0.00000192. The van der Waals surface area contributed by atoms with Crippen LogP contribution in [0.5, 0.6) is 0 Å². The van der Waals surface area contributed by atoms with Crippen molar-refractivity contribution in [3.63, 3.8) is 0 Å². The van der Waals surface area contributed by atoms with Crippen LogP contribution in [0.25, 0.3) is 10.2 Å². The predicted octanol–water partition coefficient (Wildman–Crippen LogP) is 2.62. The highest BCUT2D eigenvalue weighted by Crippen LogP contribution is 2.36. The molecule has 0 spiro atoms. The molecule has 5 heterocycles. The van der Waals surface area contributed by atoms with Crippen molar-refractivity contribution in [2.75, 3.05) is 44.2 Å². The lowest BCUT2D eigenvalue weighted by atomic mass is 9.95. The first kappa shape index (κ1) is 19.9. The van der Waals surface area contributed by atoms with E-state index >= 15 is 0 Å². The maximum Gasteiger partial charge on any atom is 0.225 e. The van der Waals surface area contributed by atoms with Crippen LogP contribution in [0.3, 0.4) is 0 Å². The molecule has 28 heavy (non-hydrogen) atoms. The fourth-order valence-corrected chi connectivity index (χ4v) is 6.03. The molecule has 3 aliphatic rings. The number of carbonyl (C=O) groups excluding carboxylic acids is 1. The summed E-state index contributed by atoms with van der Waals surface area (Å²) in [6.45, 7) is 10.2. The first-order valence-corrected chi connectivity index (χ1v) is 10.9. The zero-order chi connectivity index (χ0) is 18.5. The Morgan fingerprint density at radius 2 is 1.82 bits per heavy atom. The van der Waals surface area contributed by atoms with E-state index in [-0.39, 0.29) is 18.3 Å². The van der Waals surface area contributed by atoms with Crippen LogP contribution in [-0.2, 0) is 4.79 Å². The van der Waals surface area contributed by atoms with Crippen molar-refractivity contribution in [2.24, 2.45) is 17.8 Å². The van der Waals surface area contributed by atoms with Gasteiger partial charge in [0, 0.05) is 50.1 Å². The molecule has 1 N–H and O–H groups in total. The molecule has 0 unspecified atom stereocenters. The number of rotatable bonds is 2. The van der Waals surface area contributed by atoms with Crippen LogP contribution in [0.15, 0.2) is 6.33 Å². The molecular weight excluding hydrogens is 394 g/mol. The third-order valence-electron chi connectivity index (χ3n) is 6.79. The van der Waals surface area contributed by atoms with E-state index in [1.807, 2.05) is 0 Å². The van der Waals surface area contributed by atoms with E-state index in [1.54, 1.807) is 17.7 Å². The van der Waals surface area contributed by atoms with Crippen LogP contribution in [0.2, 0.25) is 0 Å². The number of aryl methyl sites for hydroxylation is 2. The minimum absolute atomic E-state index is 0. The van der Waals surface area contributed by atoms with Gasteiger partial charge in [0.15, 0.2) is 0 Å². The minimum atomic E-state index is 0. The second-order valence-corrected chi connectivity index (χ2v) is 9.55. The van der Waals surface area contributed by atoms with Gasteiger partial charge >= 0.3 is 0 Å². The number of amides is 1. The first-order valence-electron chi connectivity index (χ1n) is 10.1. The van der Waals surface area contributed by atoms with Crippen LogP contribution in [0, 0.1) is 31.6 Å². The highest BCUT2D eigenvalue weighted by atomic mass is 35.5. The smallest absolute Gasteiger partial charge is 0.225 e. The number of aromatic nitrogens is 2. The number of fused-ring (bicyclic) bond motifs is 2. The third kappa shape index (κ3) is 3.27. The van der Waals surface area contributed by atoms with Gasteiger partial charge in [-0.3, -0.25) is 4.79 Å². The average molecular weight is 422 g/mol. The summed E-state index contributed by atoms with van der Waals surface area (Å²) in [6, 6.07) is 0. The fourth-order valence-electron chi connectivity index (χ4n) is 5.04. The Morgan fingerprint density at radius 3 is 2.50 bits per heavy atom. The third-order valence-corrected chi connectivity index (χ3v) is 7.91. The van der Waals surface area contributed by atoms with Crippen molar-refractivity contribution >= 4 is 45.7 Å². The maximum absolute atomic E-state index is 13.0. The van der Waals surface area contributed by atoms with Gasteiger partial charge in [-0.05, 0) is 44.1 Å². The van der Waals surface area contributed by atoms with Gasteiger partial charge in [-0.2, -0.15) is 0 Å². The Labute approximate surface area is 176 Å². The molecule has 2 aromatic rings. The van der Waals surface area contributed by atoms with Crippen molar-refractivity contribution in [3.8, 4) is 0 Å². The van der Waals surface area contributed by atoms with Gasteiger partial charge in [0.2, 0.25) is 5.91 Å². The lowest BCUT2D eigenvalue weighted by Gasteiger charge is -2.34. The van der Waals surface area contributed by atoms with Gasteiger partial charge in [0.05, 0.1) is 5.39 Å². The molecule has 2 aromatic heterocycles. The molecule has 8 heteroatoms. The summed E-state index contributed by atoms with van der Waals surface area (Å²) in [6.07, 6.45) is 3.54. The van der Waals surface area contributed by atoms with E-state index in [2.05, 4.69) is 38.9 Å². The lowest BCUT2D eigenvalue weighted by Crippen LogP contribution is -2.43. The number of hydrogen-bond donors (Lipinski definition) is 1. The number of nitrogens with zero attached hydrogens (tertiary/aromatic N) is 4. The van der Waals surface area contributed by atoms with Crippen LogP contribution in [-0.4, -0.2) is 60.0 Å². The monoisotopic (exact) mass is 421 g/mol. The molecule has 0 radical (unpaired) electrons. The summed E-state index contributed by atoms with van der Waals surface area (Å²) < 4.78 is 0. The van der Waals surface area contributed by atoms with Gasteiger partial charge in [-0.25, -0.2) is 9.97 Å². The number of nitrogens with one attached hydrogen (secondary N) is 1. The Kier molecular flexibility index (Phi) is 5.51. The predicted molar refractivity (Wildman–Crippen MR) is 116 cm³/mol. The SMILES string of the molecule is Cc1sc2ncnc(N3CCC(C(=O)N4C[C@H]5CNC[C@H]5C4)CC3)c2c1C.Cl. The number of anilines is 1. The highest BCUT2D eigenvalue weighted by molar-refractivity contribution is 7.18. The maximum atomic E-state index is 13.0. The summed E-state index contributed by atoms with van der Waals surface area (Å²) in [7, 11) is 0. The van der Waals surface area contributed by atoms with E-state index in [0.717, 1.165) is 62.8 Å². The Bertz CT molecular complexity index is 867. The first-order chi connectivity index (χ1) is 13.1. The second-order valence-electron chi connectivity index (χ2n) is 8.34. The average Bonchev–Trinajstić information content (AvgIpc) is 3.36.